The molecule has 0 aliphatic rings. The zero-order valence-electron chi connectivity index (χ0n) is 14.0. The summed E-state index contributed by atoms with van der Waals surface area (Å²) < 4.78 is 34.3. The van der Waals surface area contributed by atoms with E-state index >= 15 is 0 Å². The van der Waals surface area contributed by atoms with E-state index in [1.54, 1.807) is 13.8 Å². The third-order valence-corrected chi connectivity index (χ3v) is 4.39. The fourth-order valence-corrected chi connectivity index (χ4v) is 3.17. The van der Waals surface area contributed by atoms with Crippen molar-refractivity contribution in [1.29, 1.82) is 0 Å². The van der Waals surface area contributed by atoms with E-state index in [2.05, 4.69) is 9.44 Å². The molecule has 1 aromatic carbocycles. The van der Waals surface area contributed by atoms with Crippen LogP contribution in [0.2, 0.25) is 0 Å². The molecule has 1 atom stereocenters. The molecular formula is C15H27N3O3S. The number of hydrogen-bond donors (Lipinski definition) is 2. The predicted molar refractivity (Wildman–Crippen MR) is 89.2 cm³/mol. The third kappa shape index (κ3) is 6.31. The van der Waals surface area contributed by atoms with Gasteiger partial charge in [-0.05, 0) is 52.6 Å². The molecule has 1 rings (SSSR count). The Bertz CT molecular complexity index is 542. The van der Waals surface area contributed by atoms with Gasteiger partial charge in [0.15, 0.2) is 0 Å². The Morgan fingerprint density at radius 1 is 1.18 bits per heavy atom. The number of ether oxygens (including phenoxy) is 1. The Labute approximate surface area is 134 Å². The number of likely N-dealkylation sites (N-methyl/N-ethyl adjacent to an activating group) is 1. The zero-order valence-corrected chi connectivity index (χ0v) is 14.8. The molecular weight excluding hydrogens is 302 g/mol. The Morgan fingerprint density at radius 3 is 2.23 bits per heavy atom. The topological polar surface area (TPSA) is 70.7 Å². The number of nitrogens with zero attached hydrogens (tertiary/aromatic N) is 1. The normalized spacial score (nSPS) is 13.6. The summed E-state index contributed by atoms with van der Waals surface area (Å²) in [6, 6.07) is 7.52. The standard InChI is InChI=1S/C15H27N3O3S/c1-6-21-14-9-7-13(8-10-14)15(18(4)5)11-16-22(19,20)17-12(2)3/h7-10,12,15-17H,6,11H2,1-5H3. The highest BCUT2D eigenvalue weighted by Crippen LogP contribution is 2.21. The second-order valence-corrected chi connectivity index (χ2v) is 7.14. The molecule has 0 radical (unpaired) electrons. The van der Waals surface area contributed by atoms with E-state index < -0.39 is 10.2 Å². The van der Waals surface area contributed by atoms with Gasteiger partial charge in [0, 0.05) is 18.6 Å². The summed E-state index contributed by atoms with van der Waals surface area (Å²) in [5.74, 6) is 0.811. The van der Waals surface area contributed by atoms with Gasteiger partial charge in [-0.15, -0.1) is 0 Å². The van der Waals surface area contributed by atoms with E-state index in [4.69, 9.17) is 4.74 Å². The fraction of sp³-hybridized carbons (Fsp3) is 0.600. The van der Waals surface area contributed by atoms with Gasteiger partial charge in [-0.1, -0.05) is 12.1 Å². The van der Waals surface area contributed by atoms with Crippen molar-refractivity contribution in [3.8, 4) is 5.75 Å². The molecule has 0 amide bonds. The number of hydrogen-bond acceptors (Lipinski definition) is 4. The van der Waals surface area contributed by atoms with Gasteiger partial charge in [0.2, 0.25) is 0 Å². The van der Waals surface area contributed by atoms with Gasteiger partial charge >= 0.3 is 0 Å². The molecule has 7 heteroatoms. The van der Waals surface area contributed by atoms with Crippen molar-refractivity contribution in [2.75, 3.05) is 27.2 Å². The quantitative estimate of drug-likeness (QED) is 0.721. The Kier molecular flexibility index (Phi) is 7.28. The van der Waals surface area contributed by atoms with Crippen LogP contribution in [-0.2, 0) is 10.2 Å². The molecule has 126 valence electrons. The Balaban J connectivity index is 2.77. The van der Waals surface area contributed by atoms with Crippen LogP contribution >= 0.6 is 0 Å². The van der Waals surface area contributed by atoms with E-state index in [9.17, 15) is 8.42 Å². The molecule has 0 saturated carbocycles. The zero-order chi connectivity index (χ0) is 16.8. The molecule has 0 fully saturated rings. The molecule has 0 aliphatic carbocycles. The average Bonchev–Trinajstić information content (AvgIpc) is 2.39. The summed E-state index contributed by atoms with van der Waals surface area (Å²) in [6.45, 7) is 6.43. The van der Waals surface area contributed by atoms with E-state index in [0.29, 0.717) is 13.2 Å². The second-order valence-electron chi connectivity index (χ2n) is 5.61. The third-order valence-electron chi connectivity index (χ3n) is 3.06. The van der Waals surface area contributed by atoms with Crippen LogP contribution in [0.4, 0.5) is 0 Å². The van der Waals surface area contributed by atoms with E-state index in [1.807, 2.05) is 50.2 Å². The number of rotatable bonds is 9. The first-order chi connectivity index (χ1) is 10.2. The maximum absolute atomic E-state index is 11.9. The fourth-order valence-electron chi connectivity index (χ4n) is 2.09. The first kappa shape index (κ1) is 18.9. The second kappa shape index (κ2) is 8.47. The van der Waals surface area contributed by atoms with Crippen molar-refractivity contribution in [3.63, 3.8) is 0 Å². The van der Waals surface area contributed by atoms with Gasteiger partial charge in [-0.3, -0.25) is 0 Å². The first-order valence-corrected chi connectivity index (χ1v) is 8.89. The first-order valence-electron chi connectivity index (χ1n) is 7.41. The maximum Gasteiger partial charge on any atom is 0.277 e. The lowest BCUT2D eigenvalue weighted by Crippen LogP contribution is -2.43. The number of nitrogens with one attached hydrogen (secondary N) is 2. The van der Waals surface area contributed by atoms with Crippen molar-refractivity contribution < 1.29 is 13.2 Å². The van der Waals surface area contributed by atoms with Gasteiger partial charge in [-0.25, -0.2) is 4.72 Å². The molecule has 0 aliphatic heterocycles. The molecule has 0 aromatic heterocycles. The Morgan fingerprint density at radius 2 is 1.77 bits per heavy atom. The van der Waals surface area contributed by atoms with Crippen molar-refractivity contribution in [3.05, 3.63) is 29.8 Å². The van der Waals surface area contributed by atoms with Gasteiger partial charge < -0.3 is 9.64 Å². The maximum atomic E-state index is 11.9. The van der Waals surface area contributed by atoms with E-state index in [0.717, 1.165) is 11.3 Å². The van der Waals surface area contributed by atoms with Crippen molar-refractivity contribution in [2.24, 2.45) is 0 Å². The van der Waals surface area contributed by atoms with Crippen LogP contribution in [-0.4, -0.2) is 46.6 Å². The van der Waals surface area contributed by atoms with Gasteiger partial charge in [0.25, 0.3) is 10.2 Å². The molecule has 6 nitrogen and oxygen atoms in total. The van der Waals surface area contributed by atoms with Crippen molar-refractivity contribution in [2.45, 2.75) is 32.9 Å². The minimum Gasteiger partial charge on any atom is -0.494 e. The number of benzene rings is 1. The van der Waals surface area contributed by atoms with Crippen LogP contribution in [0.15, 0.2) is 24.3 Å². The molecule has 1 unspecified atom stereocenters. The van der Waals surface area contributed by atoms with Crippen LogP contribution in [0.1, 0.15) is 32.4 Å². The highest BCUT2D eigenvalue weighted by Gasteiger charge is 2.18. The van der Waals surface area contributed by atoms with Crippen LogP contribution in [0.5, 0.6) is 5.75 Å². The van der Waals surface area contributed by atoms with Crippen molar-refractivity contribution >= 4 is 10.2 Å². The lowest BCUT2D eigenvalue weighted by atomic mass is 10.1. The minimum absolute atomic E-state index is 0.0561. The molecule has 0 saturated heterocycles. The summed E-state index contributed by atoms with van der Waals surface area (Å²) >= 11 is 0. The van der Waals surface area contributed by atoms with Gasteiger partial charge in [0.05, 0.1) is 6.61 Å². The highest BCUT2D eigenvalue weighted by atomic mass is 32.2. The van der Waals surface area contributed by atoms with E-state index in [1.165, 1.54) is 0 Å². The summed E-state index contributed by atoms with van der Waals surface area (Å²) in [5.41, 5.74) is 1.03. The molecule has 0 spiro atoms. The predicted octanol–water partition coefficient (Wildman–Crippen LogP) is 1.52. The monoisotopic (exact) mass is 329 g/mol. The summed E-state index contributed by atoms with van der Waals surface area (Å²) in [4.78, 5) is 1.98. The van der Waals surface area contributed by atoms with Crippen molar-refractivity contribution in [1.82, 2.24) is 14.3 Å². The Hall–Kier alpha value is -1.15. The molecule has 2 N–H and O–H groups in total. The smallest absolute Gasteiger partial charge is 0.277 e. The van der Waals surface area contributed by atoms with Gasteiger partial charge in [-0.2, -0.15) is 13.1 Å². The minimum atomic E-state index is -3.49. The van der Waals surface area contributed by atoms with Crippen LogP contribution in [0, 0.1) is 0 Å². The SMILES string of the molecule is CCOc1ccc(C(CNS(=O)(=O)NC(C)C)N(C)C)cc1. The lowest BCUT2D eigenvalue weighted by Gasteiger charge is -2.25. The summed E-state index contributed by atoms with van der Waals surface area (Å²) in [5, 5.41) is 0. The molecule has 22 heavy (non-hydrogen) atoms. The summed E-state index contributed by atoms with van der Waals surface area (Å²) in [7, 11) is 0.358. The van der Waals surface area contributed by atoms with Gasteiger partial charge in [0.1, 0.15) is 5.75 Å². The summed E-state index contributed by atoms with van der Waals surface area (Å²) in [6.07, 6.45) is 0. The highest BCUT2D eigenvalue weighted by molar-refractivity contribution is 7.87. The van der Waals surface area contributed by atoms with Crippen LogP contribution < -0.4 is 14.2 Å². The molecule has 1 aromatic rings. The van der Waals surface area contributed by atoms with Crippen LogP contribution in [0.3, 0.4) is 0 Å². The lowest BCUT2D eigenvalue weighted by molar-refractivity contribution is 0.298. The molecule has 0 heterocycles. The molecule has 0 bridgehead atoms. The largest absolute Gasteiger partial charge is 0.494 e. The van der Waals surface area contributed by atoms with Crippen LogP contribution in [0.25, 0.3) is 0 Å². The average molecular weight is 329 g/mol. The van der Waals surface area contributed by atoms with E-state index in [-0.39, 0.29) is 12.1 Å².